The number of aliphatic carboxylic acids is 1. The van der Waals surface area contributed by atoms with Crippen molar-refractivity contribution in [2.24, 2.45) is 11.8 Å². The van der Waals surface area contributed by atoms with E-state index in [9.17, 15) is 4.79 Å². The molecule has 0 aromatic carbocycles. The van der Waals surface area contributed by atoms with Crippen LogP contribution >= 0.6 is 0 Å². The van der Waals surface area contributed by atoms with Crippen LogP contribution in [0.25, 0.3) is 0 Å². The van der Waals surface area contributed by atoms with Gasteiger partial charge in [0.05, 0.1) is 0 Å². The zero-order valence-corrected chi connectivity index (χ0v) is 9.52. The lowest BCUT2D eigenvalue weighted by atomic mass is 9.89. The molecule has 0 bridgehead atoms. The van der Waals surface area contributed by atoms with E-state index in [-0.39, 0.29) is 6.04 Å². The summed E-state index contributed by atoms with van der Waals surface area (Å²) in [4.78, 5) is 15.4. The molecule has 4 heteroatoms. The molecule has 0 aromatic rings. The first kappa shape index (κ1) is 10.9. The minimum atomic E-state index is -0.693. The maximum atomic E-state index is 10.9. The van der Waals surface area contributed by atoms with Gasteiger partial charge in [0.15, 0.2) is 0 Å². The Labute approximate surface area is 90.9 Å². The summed E-state index contributed by atoms with van der Waals surface area (Å²) in [6, 6.07) is -0.319. The van der Waals surface area contributed by atoms with E-state index in [2.05, 4.69) is 16.8 Å². The number of carboxylic acid groups (broad SMARTS) is 1. The van der Waals surface area contributed by atoms with Crippen molar-refractivity contribution in [2.75, 3.05) is 33.2 Å². The number of rotatable bonds is 2. The van der Waals surface area contributed by atoms with Crippen LogP contribution in [0.1, 0.15) is 13.3 Å². The molecule has 0 amide bonds. The monoisotopic (exact) mass is 212 g/mol. The van der Waals surface area contributed by atoms with Crippen LogP contribution in [0.2, 0.25) is 0 Å². The molecule has 15 heavy (non-hydrogen) atoms. The minimum absolute atomic E-state index is 0.319. The zero-order chi connectivity index (χ0) is 11.0. The molecule has 2 rings (SSSR count). The average molecular weight is 212 g/mol. The van der Waals surface area contributed by atoms with Gasteiger partial charge in [-0.05, 0) is 38.8 Å². The Balaban J connectivity index is 1.96. The molecule has 0 aliphatic carbocycles. The van der Waals surface area contributed by atoms with Crippen LogP contribution in [0.15, 0.2) is 0 Å². The first-order chi connectivity index (χ1) is 7.08. The van der Waals surface area contributed by atoms with Crippen molar-refractivity contribution >= 4 is 5.97 Å². The van der Waals surface area contributed by atoms with Crippen LogP contribution in [0.5, 0.6) is 0 Å². The van der Waals surface area contributed by atoms with E-state index in [0.717, 1.165) is 32.1 Å². The second kappa shape index (κ2) is 4.10. The van der Waals surface area contributed by atoms with Crippen molar-refractivity contribution in [3.05, 3.63) is 0 Å². The predicted octanol–water partition coefficient (Wildman–Crippen LogP) is 0.343. The van der Waals surface area contributed by atoms with Crippen LogP contribution < -0.4 is 0 Å². The molecule has 3 atom stereocenters. The Hall–Kier alpha value is -0.610. The van der Waals surface area contributed by atoms with E-state index in [4.69, 9.17) is 5.11 Å². The van der Waals surface area contributed by atoms with Crippen LogP contribution in [-0.4, -0.2) is 60.1 Å². The number of likely N-dealkylation sites (tertiary alicyclic amines) is 2. The molecule has 2 saturated heterocycles. The van der Waals surface area contributed by atoms with Gasteiger partial charge in [-0.15, -0.1) is 0 Å². The molecule has 0 radical (unpaired) electrons. The standard InChI is InChI=1S/C11H20N2O2/c1-8(11(14)15)13-6-9-3-4-12(2)5-10(9)7-13/h8-10H,3-7H2,1-2H3,(H,14,15). The molecule has 0 spiro atoms. The quantitative estimate of drug-likeness (QED) is 0.717. The number of fused-ring (bicyclic) bond motifs is 1. The van der Waals surface area contributed by atoms with E-state index < -0.39 is 5.97 Å². The van der Waals surface area contributed by atoms with Crippen molar-refractivity contribution in [3.8, 4) is 0 Å². The molecule has 86 valence electrons. The molecule has 0 aromatic heterocycles. The normalized spacial score (nSPS) is 35.1. The maximum absolute atomic E-state index is 10.9. The molecule has 2 aliphatic heterocycles. The number of carboxylic acids is 1. The second-order valence-electron chi connectivity index (χ2n) is 5.04. The van der Waals surface area contributed by atoms with Gasteiger partial charge in [0.2, 0.25) is 0 Å². The van der Waals surface area contributed by atoms with E-state index in [1.165, 1.54) is 6.42 Å². The van der Waals surface area contributed by atoms with Gasteiger partial charge < -0.3 is 10.0 Å². The fourth-order valence-electron chi connectivity index (χ4n) is 2.86. The minimum Gasteiger partial charge on any atom is -0.480 e. The molecule has 2 fully saturated rings. The summed E-state index contributed by atoms with van der Waals surface area (Å²) >= 11 is 0. The molecule has 0 saturated carbocycles. The maximum Gasteiger partial charge on any atom is 0.320 e. The van der Waals surface area contributed by atoms with Crippen LogP contribution in [-0.2, 0) is 4.79 Å². The van der Waals surface area contributed by atoms with Crippen LogP contribution in [0.4, 0.5) is 0 Å². The van der Waals surface area contributed by atoms with Crippen molar-refractivity contribution in [1.29, 1.82) is 0 Å². The Bertz CT molecular complexity index is 257. The predicted molar refractivity (Wildman–Crippen MR) is 57.8 cm³/mol. The summed E-state index contributed by atoms with van der Waals surface area (Å²) < 4.78 is 0. The lowest BCUT2D eigenvalue weighted by Gasteiger charge is -2.31. The smallest absolute Gasteiger partial charge is 0.320 e. The summed E-state index contributed by atoms with van der Waals surface area (Å²) in [5, 5.41) is 8.98. The molecular formula is C11H20N2O2. The highest BCUT2D eigenvalue weighted by Crippen LogP contribution is 2.31. The highest BCUT2D eigenvalue weighted by molar-refractivity contribution is 5.72. The highest BCUT2D eigenvalue weighted by Gasteiger charge is 2.38. The Kier molecular flexibility index (Phi) is 2.98. The lowest BCUT2D eigenvalue weighted by molar-refractivity contribution is -0.142. The third kappa shape index (κ3) is 2.16. The van der Waals surface area contributed by atoms with E-state index in [1.807, 2.05) is 0 Å². The van der Waals surface area contributed by atoms with Gasteiger partial charge in [-0.1, -0.05) is 0 Å². The Morgan fingerprint density at radius 3 is 2.67 bits per heavy atom. The summed E-state index contributed by atoms with van der Waals surface area (Å²) in [7, 11) is 2.15. The van der Waals surface area contributed by atoms with Gasteiger partial charge >= 0.3 is 5.97 Å². The third-order valence-corrected chi connectivity index (χ3v) is 3.94. The summed E-state index contributed by atoms with van der Waals surface area (Å²) in [6.07, 6.45) is 1.23. The Morgan fingerprint density at radius 1 is 1.33 bits per heavy atom. The van der Waals surface area contributed by atoms with Gasteiger partial charge in [0.1, 0.15) is 6.04 Å². The van der Waals surface area contributed by atoms with Gasteiger partial charge in [0, 0.05) is 19.6 Å². The molecule has 1 N–H and O–H groups in total. The van der Waals surface area contributed by atoms with Crippen LogP contribution in [0.3, 0.4) is 0 Å². The van der Waals surface area contributed by atoms with E-state index in [1.54, 1.807) is 6.92 Å². The topological polar surface area (TPSA) is 43.8 Å². The van der Waals surface area contributed by atoms with Crippen molar-refractivity contribution in [3.63, 3.8) is 0 Å². The fraction of sp³-hybridized carbons (Fsp3) is 0.909. The fourth-order valence-corrected chi connectivity index (χ4v) is 2.86. The number of nitrogens with zero attached hydrogens (tertiary/aromatic N) is 2. The first-order valence-electron chi connectivity index (χ1n) is 5.73. The lowest BCUT2D eigenvalue weighted by Crippen LogP contribution is -2.38. The van der Waals surface area contributed by atoms with Crippen molar-refractivity contribution in [2.45, 2.75) is 19.4 Å². The molecular weight excluding hydrogens is 192 g/mol. The number of hydrogen-bond donors (Lipinski definition) is 1. The number of hydrogen-bond acceptors (Lipinski definition) is 3. The third-order valence-electron chi connectivity index (χ3n) is 3.94. The van der Waals surface area contributed by atoms with Gasteiger partial charge in [-0.2, -0.15) is 0 Å². The van der Waals surface area contributed by atoms with E-state index in [0.29, 0.717) is 5.92 Å². The molecule has 4 nitrogen and oxygen atoms in total. The number of carbonyl (C=O) groups is 1. The largest absolute Gasteiger partial charge is 0.480 e. The summed E-state index contributed by atoms with van der Waals surface area (Å²) in [5.74, 6) is 0.718. The van der Waals surface area contributed by atoms with Crippen molar-refractivity contribution < 1.29 is 9.90 Å². The molecule has 3 unspecified atom stereocenters. The van der Waals surface area contributed by atoms with Gasteiger partial charge in [-0.3, -0.25) is 9.69 Å². The Morgan fingerprint density at radius 2 is 2.00 bits per heavy atom. The average Bonchev–Trinajstić information content (AvgIpc) is 2.58. The van der Waals surface area contributed by atoms with Crippen molar-refractivity contribution in [1.82, 2.24) is 9.80 Å². The molecule has 2 aliphatic rings. The highest BCUT2D eigenvalue weighted by atomic mass is 16.4. The molecule has 2 heterocycles. The summed E-state index contributed by atoms with van der Waals surface area (Å²) in [6.45, 7) is 6.03. The van der Waals surface area contributed by atoms with E-state index >= 15 is 0 Å². The van der Waals surface area contributed by atoms with Gasteiger partial charge in [0.25, 0.3) is 0 Å². The first-order valence-corrected chi connectivity index (χ1v) is 5.73. The second-order valence-corrected chi connectivity index (χ2v) is 5.04. The zero-order valence-electron chi connectivity index (χ0n) is 9.52. The number of piperidine rings is 1. The SMILES string of the molecule is CC(C(=O)O)N1CC2CCN(C)CC2C1. The summed E-state index contributed by atoms with van der Waals surface area (Å²) in [5.41, 5.74) is 0. The van der Waals surface area contributed by atoms with Gasteiger partial charge in [-0.25, -0.2) is 0 Å². The van der Waals surface area contributed by atoms with Crippen LogP contribution in [0, 0.1) is 11.8 Å².